The zero-order valence-corrected chi connectivity index (χ0v) is 12.2. The fourth-order valence-corrected chi connectivity index (χ4v) is 4.25. The molecule has 0 amide bonds. The third-order valence-corrected chi connectivity index (χ3v) is 5.07. The van der Waals surface area contributed by atoms with Crippen LogP contribution in [-0.4, -0.2) is 18.0 Å². The Labute approximate surface area is 124 Å². The van der Waals surface area contributed by atoms with Gasteiger partial charge in [-0.05, 0) is 35.7 Å². The van der Waals surface area contributed by atoms with E-state index in [2.05, 4.69) is 48.6 Å². The van der Waals surface area contributed by atoms with Gasteiger partial charge in [-0.1, -0.05) is 48.6 Å². The van der Waals surface area contributed by atoms with E-state index in [4.69, 9.17) is 9.47 Å². The van der Waals surface area contributed by atoms with Gasteiger partial charge in [0.2, 0.25) is 0 Å². The quantitative estimate of drug-likeness (QED) is 0.675. The Kier molecular flexibility index (Phi) is 2.14. The lowest BCUT2D eigenvalue weighted by molar-refractivity contribution is -0.146. The van der Waals surface area contributed by atoms with Gasteiger partial charge in [-0.25, -0.2) is 0 Å². The molecule has 0 radical (unpaired) electrons. The van der Waals surface area contributed by atoms with Gasteiger partial charge in [0, 0.05) is 11.8 Å². The fraction of sp³-hybridized carbons (Fsp3) is 0.368. The van der Waals surface area contributed by atoms with E-state index in [0.29, 0.717) is 11.8 Å². The molecule has 0 saturated carbocycles. The zero-order chi connectivity index (χ0) is 14.2. The largest absolute Gasteiger partial charge is 0.344 e. The van der Waals surface area contributed by atoms with Crippen molar-refractivity contribution in [2.24, 2.45) is 0 Å². The van der Waals surface area contributed by atoms with Crippen molar-refractivity contribution >= 4 is 10.8 Å². The molecule has 0 spiro atoms. The monoisotopic (exact) mass is 278 g/mol. The summed E-state index contributed by atoms with van der Waals surface area (Å²) in [6.07, 6.45) is 4.94. The van der Waals surface area contributed by atoms with Gasteiger partial charge in [-0.3, -0.25) is 0 Å². The van der Waals surface area contributed by atoms with Crippen molar-refractivity contribution < 1.29 is 9.47 Å². The average Bonchev–Trinajstić information content (AvgIpc) is 2.81. The summed E-state index contributed by atoms with van der Waals surface area (Å²) in [5.74, 6) is 0.169. The number of hydrogen-bond acceptors (Lipinski definition) is 2. The highest BCUT2D eigenvalue weighted by atomic mass is 16.8. The van der Waals surface area contributed by atoms with Gasteiger partial charge in [-0.2, -0.15) is 0 Å². The van der Waals surface area contributed by atoms with Gasteiger partial charge in [0.05, 0.1) is 12.2 Å². The molecule has 4 aliphatic rings. The first-order valence-corrected chi connectivity index (χ1v) is 7.69. The Morgan fingerprint density at radius 3 is 1.76 bits per heavy atom. The summed E-state index contributed by atoms with van der Waals surface area (Å²) in [5, 5.41) is 2.62. The fourth-order valence-electron chi connectivity index (χ4n) is 4.25. The van der Waals surface area contributed by atoms with E-state index in [1.54, 1.807) is 0 Å². The van der Waals surface area contributed by atoms with Crippen LogP contribution in [0.15, 0.2) is 48.6 Å². The van der Waals surface area contributed by atoms with E-state index in [0.717, 1.165) is 0 Å². The predicted molar refractivity (Wildman–Crippen MR) is 82.4 cm³/mol. The minimum atomic E-state index is -0.473. The molecule has 2 aromatic carbocycles. The number of ether oxygens (including phenoxy) is 2. The topological polar surface area (TPSA) is 18.5 Å². The van der Waals surface area contributed by atoms with Crippen LogP contribution in [0, 0.1) is 0 Å². The molecule has 21 heavy (non-hydrogen) atoms. The van der Waals surface area contributed by atoms with Crippen molar-refractivity contribution in [2.75, 3.05) is 0 Å². The third kappa shape index (κ3) is 1.55. The minimum Gasteiger partial charge on any atom is -0.344 e. The normalized spacial score (nSPS) is 35.0. The number of rotatable bonds is 0. The van der Waals surface area contributed by atoms with Gasteiger partial charge in [0.1, 0.15) is 0 Å². The van der Waals surface area contributed by atoms with Crippen molar-refractivity contribution in [3.63, 3.8) is 0 Å². The molecule has 1 heterocycles. The van der Waals surface area contributed by atoms with E-state index < -0.39 is 5.79 Å². The highest BCUT2D eigenvalue weighted by molar-refractivity contribution is 5.85. The molecule has 2 heteroatoms. The predicted octanol–water partition coefficient (Wildman–Crippen LogP) is 4.11. The molecule has 6 rings (SSSR count). The molecule has 2 aromatic rings. The van der Waals surface area contributed by atoms with Crippen molar-refractivity contribution in [1.82, 2.24) is 0 Å². The summed E-state index contributed by atoms with van der Waals surface area (Å²) in [4.78, 5) is 0. The summed E-state index contributed by atoms with van der Waals surface area (Å²) in [5.41, 5.74) is 2.84. The van der Waals surface area contributed by atoms with Gasteiger partial charge in [0.25, 0.3) is 0 Å². The molecule has 0 N–H and O–H groups in total. The summed E-state index contributed by atoms with van der Waals surface area (Å²) in [6, 6.07) is 13.3. The lowest BCUT2D eigenvalue weighted by Gasteiger charge is -2.41. The van der Waals surface area contributed by atoms with Crippen LogP contribution in [0.25, 0.3) is 10.8 Å². The second kappa shape index (κ2) is 3.76. The Morgan fingerprint density at radius 1 is 0.810 bits per heavy atom. The molecule has 1 aliphatic heterocycles. The van der Waals surface area contributed by atoms with Gasteiger partial charge in [-0.15, -0.1) is 0 Å². The molecule has 3 aliphatic carbocycles. The second-order valence-corrected chi connectivity index (χ2v) is 6.83. The Bertz CT molecular complexity index is 712. The number of fused-ring (bicyclic) bond motifs is 1. The summed E-state index contributed by atoms with van der Waals surface area (Å²) in [6.45, 7) is 4.04. The van der Waals surface area contributed by atoms with Crippen molar-refractivity contribution in [3.05, 3.63) is 59.7 Å². The van der Waals surface area contributed by atoms with E-state index >= 15 is 0 Å². The van der Waals surface area contributed by atoms with Gasteiger partial charge >= 0.3 is 0 Å². The van der Waals surface area contributed by atoms with Crippen LogP contribution in [0.5, 0.6) is 0 Å². The molecule has 2 bridgehead atoms. The third-order valence-electron chi connectivity index (χ3n) is 5.07. The van der Waals surface area contributed by atoms with Crippen LogP contribution in [-0.2, 0) is 9.47 Å². The minimum absolute atomic E-state index is 0.156. The van der Waals surface area contributed by atoms with Crippen LogP contribution in [0.2, 0.25) is 0 Å². The van der Waals surface area contributed by atoms with E-state index in [9.17, 15) is 0 Å². The first-order chi connectivity index (χ1) is 10.1. The number of hydrogen-bond donors (Lipinski definition) is 0. The Balaban J connectivity index is 1.72. The summed E-state index contributed by atoms with van der Waals surface area (Å²) < 4.78 is 12.4. The lowest BCUT2D eigenvalue weighted by atomic mass is 9.68. The molecule has 1 saturated heterocycles. The van der Waals surface area contributed by atoms with Crippen molar-refractivity contribution in [3.8, 4) is 0 Å². The van der Waals surface area contributed by atoms with Crippen molar-refractivity contribution in [2.45, 2.75) is 43.7 Å². The summed E-state index contributed by atoms with van der Waals surface area (Å²) >= 11 is 0. The lowest BCUT2D eigenvalue weighted by Crippen LogP contribution is -2.41. The van der Waals surface area contributed by atoms with E-state index in [1.165, 1.54) is 21.9 Å². The van der Waals surface area contributed by atoms with Crippen LogP contribution in [0.4, 0.5) is 0 Å². The molecule has 0 aromatic heterocycles. The first kappa shape index (κ1) is 12.0. The van der Waals surface area contributed by atoms with Crippen LogP contribution < -0.4 is 0 Å². The smallest absolute Gasteiger partial charge is 0.163 e. The zero-order valence-electron chi connectivity index (χ0n) is 12.2. The molecule has 2 nitrogen and oxygen atoms in total. The molecular weight excluding hydrogens is 260 g/mol. The maximum atomic E-state index is 6.18. The molecule has 4 atom stereocenters. The SMILES string of the molecule is CC1(C)OC2C3C=CC(c4cc5ccccc5cc43)C2O1. The van der Waals surface area contributed by atoms with Crippen LogP contribution in [0.3, 0.4) is 0 Å². The van der Waals surface area contributed by atoms with Crippen molar-refractivity contribution in [1.29, 1.82) is 0 Å². The second-order valence-electron chi connectivity index (χ2n) is 6.83. The highest BCUT2D eigenvalue weighted by Crippen LogP contribution is 2.53. The first-order valence-electron chi connectivity index (χ1n) is 7.69. The maximum absolute atomic E-state index is 6.18. The van der Waals surface area contributed by atoms with Gasteiger partial charge in [0.15, 0.2) is 5.79 Å². The van der Waals surface area contributed by atoms with Crippen LogP contribution >= 0.6 is 0 Å². The standard InChI is InChI=1S/C19H18O2/c1-19(2)20-17-13-7-8-14(18(17)21-19)16-10-12-6-4-3-5-11(12)9-15(13)16/h3-10,13-14,17-18H,1-2H3. The van der Waals surface area contributed by atoms with Gasteiger partial charge < -0.3 is 9.47 Å². The molecule has 106 valence electrons. The molecule has 1 fully saturated rings. The number of benzene rings is 2. The summed E-state index contributed by atoms with van der Waals surface area (Å²) in [7, 11) is 0. The van der Waals surface area contributed by atoms with Crippen LogP contribution in [0.1, 0.15) is 36.8 Å². The average molecular weight is 278 g/mol. The molecular formula is C19H18O2. The highest BCUT2D eigenvalue weighted by Gasteiger charge is 2.53. The maximum Gasteiger partial charge on any atom is 0.163 e. The van der Waals surface area contributed by atoms with E-state index in [-0.39, 0.29) is 12.2 Å². The molecule has 4 unspecified atom stereocenters. The van der Waals surface area contributed by atoms with E-state index in [1.807, 2.05) is 13.8 Å². The Morgan fingerprint density at radius 2 is 1.29 bits per heavy atom. The Hall–Kier alpha value is -1.64.